The third-order valence-corrected chi connectivity index (χ3v) is 0.264. The Morgan fingerprint density at radius 2 is 1.86 bits per heavy atom. The van der Waals surface area contributed by atoms with E-state index in [1.165, 1.54) is 6.92 Å². The summed E-state index contributed by atoms with van der Waals surface area (Å²) < 4.78 is 8.25. The van der Waals surface area contributed by atoms with Crippen molar-refractivity contribution in [1.29, 1.82) is 0 Å². The van der Waals surface area contributed by atoms with Gasteiger partial charge < -0.3 is 10.2 Å². The Labute approximate surface area is 54.1 Å². The normalized spacial score (nSPS) is 11.1. The van der Waals surface area contributed by atoms with Crippen molar-refractivity contribution in [3.05, 3.63) is 0 Å². The van der Waals surface area contributed by atoms with Gasteiger partial charge in [0.2, 0.25) is 0 Å². The molecule has 0 aliphatic carbocycles. The van der Waals surface area contributed by atoms with Crippen LogP contribution in [0.15, 0.2) is 0 Å². The number of hydrogen-bond donors (Lipinski definition) is 2. The molecule has 4 heteroatoms. The zero-order valence-electron chi connectivity index (χ0n) is 4.09. The fraction of sp³-hybridized carbons (Fsp3) is 1.00. The van der Waals surface area contributed by atoms with Crippen molar-refractivity contribution < 1.29 is 33.9 Å². The summed E-state index contributed by atoms with van der Waals surface area (Å²) in [5.41, 5.74) is 0. The van der Waals surface area contributed by atoms with Crippen LogP contribution in [-0.2, 0) is 23.7 Å². The molecule has 2 N–H and O–H groups in total. The van der Waals surface area contributed by atoms with Gasteiger partial charge in [0, 0.05) is 0 Å². The van der Waals surface area contributed by atoms with Crippen LogP contribution in [0.2, 0.25) is 0 Å². The molecule has 0 rings (SSSR count). The molecule has 0 aliphatic rings. The van der Waals surface area contributed by atoms with Crippen molar-refractivity contribution in [1.82, 2.24) is 0 Å². The fourth-order valence-corrected chi connectivity index (χ4v) is 0. The minimum atomic E-state index is -0.560. The molecule has 0 bridgehead atoms. The van der Waals surface area contributed by atoms with E-state index in [1.54, 1.807) is 0 Å². The van der Waals surface area contributed by atoms with Crippen LogP contribution in [0.3, 0.4) is 0 Å². The fourth-order valence-electron chi connectivity index (χ4n) is 0. The monoisotopic (exact) mass is 140 g/mol. The molecule has 0 aliphatic heterocycles. The molecule has 0 heterocycles. The van der Waals surface area contributed by atoms with Crippen LogP contribution in [0.4, 0.5) is 0 Å². The number of hydrogen-bond acceptors (Lipinski definition) is 3. The number of rotatable bonds is 1. The van der Waals surface area contributed by atoms with E-state index in [9.17, 15) is 0 Å². The predicted molar refractivity (Wildman–Crippen MR) is 19.5 cm³/mol. The first kappa shape index (κ1) is 10.4. The molecule has 1 unspecified atom stereocenters. The molecule has 0 spiro atoms. The quantitative estimate of drug-likeness (QED) is 0.470. The van der Waals surface area contributed by atoms with E-state index in [4.69, 9.17) is 13.5 Å². The van der Waals surface area contributed by atoms with Crippen molar-refractivity contribution in [2.45, 2.75) is 13.0 Å². The first-order valence-electron chi connectivity index (χ1n) is 1.76. The summed E-state index contributed by atoms with van der Waals surface area (Å²) in [4.78, 5) is 0. The van der Waals surface area contributed by atoms with E-state index in [-0.39, 0.29) is 6.61 Å². The molecule has 0 fully saturated rings. The van der Waals surface area contributed by atoms with E-state index in [2.05, 4.69) is 0 Å². The molecule has 0 saturated heterocycles. The molecular weight excluding hydrogens is 132 g/mol. The zero-order chi connectivity index (χ0) is 6.28. The summed E-state index contributed by atoms with van der Waals surface area (Å²) in [6.07, 6.45) is -0.560. The van der Waals surface area contributed by atoms with Crippen molar-refractivity contribution in [3.8, 4) is 0 Å². The number of aliphatic hydroxyl groups excluding tert-OH is 2. The molecular formula is C3H8O3Ti. The maximum atomic E-state index is 8.25. The average molecular weight is 140 g/mol. The maximum absolute atomic E-state index is 8.25. The Morgan fingerprint density at radius 3 is 1.86 bits per heavy atom. The van der Waals surface area contributed by atoms with Gasteiger partial charge >= 0.3 is 23.7 Å². The molecule has 0 saturated carbocycles. The standard InChI is InChI=1S/C3H8O2.O.Ti/c1-3(5)2-4;;/h3-5H,2H2,1H3;;. The van der Waals surface area contributed by atoms with Gasteiger partial charge in [0.25, 0.3) is 0 Å². The first-order chi connectivity index (χ1) is 3.27. The Morgan fingerprint density at radius 1 is 1.71 bits per heavy atom. The summed E-state index contributed by atoms with van der Waals surface area (Å²) >= 11 is 0.750. The second kappa shape index (κ2) is 9.66. The molecule has 0 aromatic carbocycles. The van der Waals surface area contributed by atoms with Gasteiger partial charge in [-0.15, -0.1) is 0 Å². The molecule has 0 aromatic heterocycles. The van der Waals surface area contributed by atoms with Gasteiger partial charge in [0.1, 0.15) is 0 Å². The topological polar surface area (TPSA) is 57.5 Å². The molecule has 7 heavy (non-hydrogen) atoms. The summed E-state index contributed by atoms with van der Waals surface area (Å²) in [6, 6.07) is 0. The Bertz CT molecular complexity index is 31.4. The summed E-state index contributed by atoms with van der Waals surface area (Å²) in [5, 5.41) is 16.0. The predicted octanol–water partition coefficient (Wildman–Crippen LogP) is -0.762. The van der Waals surface area contributed by atoms with E-state index in [0.717, 1.165) is 20.4 Å². The van der Waals surface area contributed by atoms with Crippen LogP contribution in [-0.4, -0.2) is 22.9 Å². The van der Waals surface area contributed by atoms with Gasteiger partial charge in [0.15, 0.2) is 0 Å². The van der Waals surface area contributed by atoms with E-state index in [0.29, 0.717) is 0 Å². The average Bonchev–Trinajstić information content (AvgIpc) is 1.73. The Hall–Kier alpha value is 0.434. The molecule has 1 atom stereocenters. The molecule has 0 amide bonds. The van der Waals surface area contributed by atoms with Crippen molar-refractivity contribution in [3.63, 3.8) is 0 Å². The third kappa shape index (κ3) is 21.4. The van der Waals surface area contributed by atoms with Crippen molar-refractivity contribution in [2.75, 3.05) is 6.61 Å². The van der Waals surface area contributed by atoms with Crippen LogP contribution in [0.1, 0.15) is 6.92 Å². The van der Waals surface area contributed by atoms with E-state index >= 15 is 0 Å². The van der Waals surface area contributed by atoms with Gasteiger partial charge in [-0.2, -0.15) is 0 Å². The Kier molecular flexibility index (Phi) is 14.4. The zero-order valence-corrected chi connectivity index (χ0v) is 5.65. The number of aliphatic hydroxyl groups is 2. The van der Waals surface area contributed by atoms with Gasteiger partial charge in [-0.25, -0.2) is 0 Å². The Balaban J connectivity index is 0. The van der Waals surface area contributed by atoms with Crippen LogP contribution < -0.4 is 0 Å². The van der Waals surface area contributed by atoms with Crippen LogP contribution >= 0.6 is 0 Å². The van der Waals surface area contributed by atoms with E-state index in [1.807, 2.05) is 0 Å². The van der Waals surface area contributed by atoms with Gasteiger partial charge in [0.05, 0.1) is 12.7 Å². The summed E-state index contributed by atoms with van der Waals surface area (Å²) in [6.45, 7) is 1.39. The SMILES string of the molecule is CC(O)CO.[O]=[Ti]. The van der Waals surface area contributed by atoms with Gasteiger partial charge in [-0.1, -0.05) is 0 Å². The molecule has 42 valence electrons. The second-order valence-corrected chi connectivity index (χ2v) is 1.03. The summed E-state index contributed by atoms with van der Waals surface area (Å²) in [7, 11) is 0. The van der Waals surface area contributed by atoms with E-state index < -0.39 is 6.10 Å². The second-order valence-electron chi connectivity index (χ2n) is 1.03. The van der Waals surface area contributed by atoms with Crippen molar-refractivity contribution >= 4 is 0 Å². The molecule has 0 radical (unpaired) electrons. The van der Waals surface area contributed by atoms with Crippen LogP contribution in [0.25, 0.3) is 0 Å². The third-order valence-electron chi connectivity index (χ3n) is 0.264. The van der Waals surface area contributed by atoms with Crippen molar-refractivity contribution in [2.24, 2.45) is 0 Å². The summed E-state index contributed by atoms with van der Waals surface area (Å²) in [5.74, 6) is 0. The van der Waals surface area contributed by atoms with Gasteiger partial charge in [-0.05, 0) is 6.92 Å². The minimum absolute atomic E-state index is 0.139. The molecule has 0 aromatic rings. The van der Waals surface area contributed by atoms with Crippen LogP contribution in [0, 0.1) is 0 Å². The van der Waals surface area contributed by atoms with Crippen LogP contribution in [0.5, 0.6) is 0 Å². The van der Waals surface area contributed by atoms with Gasteiger partial charge in [-0.3, -0.25) is 0 Å². The first-order valence-corrected chi connectivity index (χ1v) is 2.40. The molecule has 3 nitrogen and oxygen atoms in total.